The van der Waals surface area contributed by atoms with Crippen molar-refractivity contribution < 1.29 is 9.18 Å². The Bertz CT molecular complexity index is 626. The molecule has 0 aromatic heterocycles. The minimum absolute atomic E-state index is 0.112. The van der Waals surface area contributed by atoms with Crippen LogP contribution in [0.3, 0.4) is 0 Å². The van der Waals surface area contributed by atoms with Crippen LogP contribution in [0.1, 0.15) is 18.1 Å². The topological polar surface area (TPSA) is 41.1 Å². The normalized spacial score (nSPS) is 10.2. The van der Waals surface area contributed by atoms with Gasteiger partial charge in [0.15, 0.2) is 0 Å². The highest BCUT2D eigenvalue weighted by atomic mass is 19.1. The van der Waals surface area contributed by atoms with Crippen LogP contribution in [0.15, 0.2) is 42.5 Å². The SMILES string of the molecule is CC(=O)Nc1cc(NCc2ccccc2F)ccc1C. The number of halogens is 1. The molecule has 0 heterocycles. The molecule has 0 aliphatic carbocycles. The highest BCUT2D eigenvalue weighted by Crippen LogP contribution is 2.21. The van der Waals surface area contributed by atoms with Crippen LogP contribution in [0, 0.1) is 12.7 Å². The predicted molar refractivity (Wildman–Crippen MR) is 79.2 cm³/mol. The van der Waals surface area contributed by atoms with Gasteiger partial charge in [-0.15, -0.1) is 0 Å². The Hall–Kier alpha value is -2.36. The summed E-state index contributed by atoms with van der Waals surface area (Å²) < 4.78 is 13.5. The monoisotopic (exact) mass is 272 g/mol. The third-order valence-corrected chi connectivity index (χ3v) is 2.99. The number of aryl methyl sites for hydroxylation is 1. The van der Waals surface area contributed by atoms with E-state index in [0.717, 1.165) is 16.9 Å². The Balaban J connectivity index is 2.10. The fourth-order valence-electron chi connectivity index (χ4n) is 1.90. The van der Waals surface area contributed by atoms with Crippen LogP contribution in [-0.4, -0.2) is 5.91 Å². The van der Waals surface area contributed by atoms with Gasteiger partial charge in [-0.3, -0.25) is 4.79 Å². The van der Waals surface area contributed by atoms with E-state index in [2.05, 4.69) is 10.6 Å². The zero-order valence-corrected chi connectivity index (χ0v) is 11.5. The zero-order chi connectivity index (χ0) is 14.5. The smallest absolute Gasteiger partial charge is 0.221 e. The average Bonchev–Trinajstić information content (AvgIpc) is 2.40. The Morgan fingerprint density at radius 3 is 2.65 bits per heavy atom. The molecule has 104 valence electrons. The Labute approximate surface area is 117 Å². The maximum absolute atomic E-state index is 13.5. The molecule has 1 amide bonds. The van der Waals surface area contributed by atoms with E-state index in [1.807, 2.05) is 25.1 Å². The second kappa shape index (κ2) is 6.19. The molecule has 0 saturated carbocycles. The van der Waals surface area contributed by atoms with Crippen molar-refractivity contribution >= 4 is 17.3 Å². The molecular formula is C16H17FN2O. The van der Waals surface area contributed by atoms with Crippen LogP contribution in [0.4, 0.5) is 15.8 Å². The van der Waals surface area contributed by atoms with Gasteiger partial charge >= 0.3 is 0 Å². The van der Waals surface area contributed by atoms with E-state index in [1.165, 1.54) is 13.0 Å². The molecule has 0 saturated heterocycles. The van der Waals surface area contributed by atoms with Crippen molar-refractivity contribution in [3.8, 4) is 0 Å². The number of carbonyl (C=O) groups excluding carboxylic acids is 1. The first kappa shape index (κ1) is 14.1. The summed E-state index contributed by atoms with van der Waals surface area (Å²) in [5, 5.41) is 5.92. The van der Waals surface area contributed by atoms with Crippen molar-refractivity contribution in [2.75, 3.05) is 10.6 Å². The number of anilines is 2. The highest BCUT2D eigenvalue weighted by Gasteiger charge is 2.04. The second-order valence-electron chi connectivity index (χ2n) is 4.66. The first-order valence-corrected chi connectivity index (χ1v) is 6.42. The third kappa shape index (κ3) is 3.57. The van der Waals surface area contributed by atoms with E-state index in [-0.39, 0.29) is 11.7 Å². The van der Waals surface area contributed by atoms with Gasteiger partial charge in [-0.25, -0.2) is 4.39 Å². The number of amides is 1. The van der Waals surface area contributed by atoms with E-state index in [4.69, 9.17) is 0 Å². The quantitative estimate of drug-likeness (QED) is 0.891. The number of hydrogen-bond acceptors (Lipinski definition) is 2. The summed E-state index contributed by atoms with van der Waals surface area (Å²) in [5.74, 6) is -0.339. The van der Waals surface area contributed by atoms with Crippen molar-refractivity contribution in [1.82, 2.24) is 0 Å². The van der Waals surface area contributed by atoms with Gasteiger partial charge in [-0.05, 0) is 30.7 Å². The second-order valence-corrected chi connectivity index (χ2v) is 4.66. The summed E-state index contributed by atoms with van der Waals surface area (Å²) in [6.45, 7) is 3.79. The summed E-state index contributed by atoms with van der Waals surface area (Å²) in [6, 6.07) is 12.3. The average molecular weight is 272 g/mol. The van der Waals surface area contributed by atoms with Crippen LogP contribution in [0.5, 0.6) is 0 Å². The number of nitrogens with one attached hydrogen (secondary N) is 2. The van der Waals surface area contributed by atoms with E-state index in [9.17, 15) is 9.18 Å². The Kier molecular flexibility index (Phi) is 4.35. The molecule has 2 N–H and O–H groups in total. The summed E-state index contributed by atoms with van der Waals surface area (Å²) in [6.07, 6.45) is 0. The molecule has 0 atom stereocenters. The van der Waals surface area contributed by atoms with Gasteiger partial charge in [0.1, 0.15) is 5.82 Å². The molecule has 20 heavy (non-hydrogen) atoms. The molecule has 2 aromatic carbocycles. The Morgan fingerprint density at radius 1 is 1.20 bits per heavy atom. The first-order valence-electron chi connectivity index (χ1n) is 6.42. The molecule has 0 fully saturated rings. The molecule has 2 rings (SSSR count). The third-order valence-electron chi connectivity index (χ3n) is 2.99. The standard InChI is InChI=1S/C16H17FN2O/c1-11-7-8-14(9-16(11)19-12(2)20)18-10-13-5-3-4-6-15(13)17/h3-9,18H,10H2,1-2H3,(H,19,20). The minimum Gasteiger partial charge on any atom is -0.381 e. The summed E-state index contributed by atoms with van der Waals surface area (Å²) in [7, 11) is 0. The van der Waals surface area contributed by atoms with Gasteiger partial charge < -0.3 is 10.6 Å². The van der Waals surface area contributed by atoms with Gasteiger partial charge in [-0.1, -0.05) is 24.3 Å². The maximum atomic E-state index is 13.5. The van der Waals surface area contributed by atoms with Gasteiger partial charge in [0.05, 0.1) is 0 Å². The number of hydrogen-bond donors (Lipinski definition) is 2. The summed E-state index contributed by atoms with van der Waals surface area (Å²) in [5.41, 5.74) is 3.18. The van der Waals surface area contributed by atoms with Crippen LogP contribution in [0.2, 0.25) is 0 Å². The van der Waals surface area contributed by atoms with Crippen molar-refractivity contribution in [2.24, 2.45) is 0 Å². The van der Waals surface area contributed by atoms with Crippen molar-refractivity contribution in [3.05, 3.63) is 59.4 Å². The molecule has 3 nitrogen and oxygen atoms in total. The summed E-state index contributed by atoms with van der Waals surface area (Å²) >= 11 is 0. The number of carbonyl (C=O) groups is 1. The van der Waals surface area contributed by atoms with Crippen LogP contribution in [-0.2, 0) is 11.3 Å². The minimum atomic E-state index is -0.228. The molecule has 0 aliphatic rings. The van der Waals surface area contributed by atoms with Crippen molar-refractivity contribution in [1.29, 1.82) is 0 Å². The molecule has 2 aromatic rings. The molecule has 0 unspecified atom stereocenters. The van der Waals surface area contributed by atoms with E-state index >= 15 is 0 Å². The molecule has 4 heteroatoms. The van der Waals surface area contributed by atoms with E-state index < -0.39 is 0 Å². The molecular weight excluding hydrogens is 255 g/mol. The largest absolute Gasteiger partial charge is 0.381 e. The van der Waals surface area contributed by atoms with Crippen LogP contribution >= 0.6 is 0 Å². The predicted octanol–water partition coefficient (Wildman–Crippen LogP) is 3.70. The van der Waals surface area contributed by atoms with Crippen LogP contribution in [0.25, 0.3) is 0 Å². The number of rotatable bonds is 4. The molecule has 0 aliphatic heterocycles. The lowest BCUT2D eigenvalue weighted by atomic mass is 10.1. The van der Waals surface area contributed by atoms with E-state index in [0.29, 0.717) is 12.1 Å². The van der Waals surface area contributed by atoms with E-state index in [1.54, 1.807) is 18.2 Å². The van der Waals surface area contributed by atoms with Crippen molar-refractivity contribution in [3.63, 3.8) is 0 Å². The zero-order valence-electron chi connectivity index (χ0n) is 11.5. The van der Waals surface area contributed by atoms with Crippen molar-refractivity contribution in [2.45, 2.75) is 20.4 Å². The highest BCUT2D eigenvalue weighted by molar-refractivity contribution is 5.90. The van der Waals surface area contributed by atoms with Gasteiger partial charge in [0.25, 0.3) is 0 Å². The number of benzene rings is 2. The lowest BCUT2D eigenvalue weighted by Crippen LogP contribution is -2.08. The Morgan fingerprint density at radius 2 is 1.95 bits per heavy atom. The van der Waals surface area contributed by atoms with Gasteiger partial charge in [-0.2, -0.15) is 0 Å². The first-order chi connectivity index (χ1) is 9.56. The fourth-order valence-corrected chi connectivity index (χ4v) is 1.90. The molecule has 0 radical (unpaired) electrons. The van der Waals surface area contributed by atoms with Gasteiger partial charge in [0, 0.05) is 30.4 Å². The molecule has 0 spiro atoms. The summed E-state index contributed by atoms with van der Waals surface area (Å²) in [4.78, 5) is 11.1. The van der Waals surface area contributed by atoms with Crippen LogP contribution < -0.4 is 10.6 Å². The maximum Gasteiger partial charge on any atom is 0.221 e. The van der Waals surface area contributed by atoms with Gasteiger partial charge in [0.2, 0.25) is 5.91 Å². The lowest BCUT2D eigenvalue weighted by Gasteiger charge is -2.11. The molecule has 0 bridgehead atoms. The fraction of sp³-hybridized carbons (Fsp3) is 0.188. The lowest BCUT2D eigenvalue weighted by molar-refractivity contribution is -0.114.